The summed E-state index contributed by atoms with van der Waals surface area (Å²) < 4.78 is 0. The molecule has 1 heterocycles. The van der Waals surface area contributed by atoms with Crippen LogP contribution in [0.4, 0.5) is 0 Å². The van der Waals surface area contributed by atoms with Crippen LogP contribution in [0.2, 0.25) is 0 Å². The van der Waals surface area contributed by atoms with Gasteiger partial charge >= 0.3 is 0 Å². The second kappa shape index (κ2) is 6.38. The minimum absolute atomic E-state index is 0.271. The Balaban J connectivity index is 2.62. The number of rotatable bonds is 3. The van der Waals surface area contributed by atoms with E-state index in [9.17, 15) is 4.79 Å². The summed E-state index contributed by atoms with van der Waals surface area (Å²) in [5.41, 5.74) is 0. The summed E-state index contributed by atoms with van der Waals surface area (Å²) in [4.78, 5) is 16.3. The van der Waals surface area contributed by atoms with Crippen molar-refractivity contribution in [2.24, 2.45) is 0 Å². The van der Waals surface area contributed by atoms with E-state index in [2.05, 4.69) is 36.4 Å². The maximum absolute atomic E-state index is 11.9. The van der Waals surface area contributed by atoms with Crippen molar-refractivity contribution in [2.75, 3.05) is 32.4 Å². The van der Waals surface area contributed by atoms with Crippen molar-refractivity contribution in [2.45, 2.75) is 32.2 Å². The van der Waals surface area contributed by atoms with E-state index in [4.69, 9.17) is 0 Å². The number of nitrogens with zero attached hydrogens (tertiary/aromatic N) is 2. The number of likely N-dealkylation sites (N-methyl/N-ethyl adjacent to an activating group) is 1. The van der Waals surface area contributed by atoms with Crippen LogP contribution in [-0.4, -0.2) is 54.2 Å². The fourth-order valence-corrected chi connectivity index (χ4v) is 2.35. The summed E-state index contributed by atoms with van der Waals surface area (Å²) in [5.74, 6) is 0.925. The molecule has 88 valence electrons. The summed E-state index contributed by atoms with van der Waals surface area (Å²) in [7, 11) is 2.13. The Morgan fingerprint density at radius 3 is 2.80 bits per heavy atom. The molecule has 1 atom stereocenters. The molecule has 1 amide bonds. The third-order valence-electron chi connectivity index (χ3n) is 3.02. The molecule has 1 rings (SSSR count). The second-order valence-corrected chi connectivity index (χ2v) is 4.69. The molecule has 4 heteroatoms. The van der Waals surface area contributed by atoms with Gasteiger partial charge in [0.05, 0.1) is 0 Å². The van der Waals surface area contributed by atoms with Crippen molar-refractivity contribution in [1.82, 2.24) is 9.80 Å². The average Bonchev–Trinajstić information content (AvgIpc) is 2.39. The van der Waals surface area contributed by atoms with Crippen molar-refractivity contribution in [1.29, 1.82) is 0 Å². The Hall–Kier alpha value is -0.220. The van der Waals surface area contributed by atoms with Crippen LogP contribution in [0.15, 0.2) is 0 Å². The third-order valence-corrected chi connectivity index (χ3v) is 3.24. The van der Waals surface area contributed by atoms with Gasteiger partial charge in [-0.3, -0.25) is 4.79 Å². The molecule has 0 aliphatic carbocycles. The molecule has 1 aliphatic rings. The monoisotopic (exact) mass is 230 g/mol. The quantitative estimate of drug-likeness (QED) is 0.738. The van der Waals surface area contributed by atoms with Gasteiger partial charge in [-0.05, 0) is 32.2 Å². The molecule has 0 aromatic carbocycles. The van der Waals surface area contributed by atoms with Crippen molar-refractivity contribution in [3.05, 3.63) is 0 Å². The van der Waals surface area contributed by atoms with Crippen LogP contribution in [0.1, 0.15) is 26.2 Å². The molecule has 0 radical (unpaired) electrons. The molecule has 0 aromatic rings. The zero-order valence-electron chi connectivity index (χ0n) is 9.78. The van der Waals surface area contributed by atoms with Gasteiger partial charge < -0.3 is 9.80 Å². The Morgan fingerprint density at radius 2 is 2.20 bits per heavy atom. The van der Waals surface area contributed by atoms with Gasteiger partial charge in [0, 0.05) is 25.6 Å². The molecule has 0 saturated carbocycles. The Bertz CT molecular complexity index is 211. The van der Waals surface area contributed by atoms with Gasteiger partial charge in [-0.2, -0.15) is 12.6 Å². The van der Waals surface area contributed by atoms with E-state index >= 15 is 0 Å². The molecule has 1 unspecified atom stereocenters. The number of hydrogen-bond donors (Lipinski definition) is 1. The number of carbonyl (C=O) groups is 1. The van der Waals surface area contributed by atoms with Crippen LogP contribution in [0, 0.1) is 0 Å². The first-order chi connectivity index (χ1) is 7.19. The van der Waals surface area contributed by atoms with E-state index in [0.29, 0.717) is 18.2 Å². The van der Waals surface area contributed by atoms with E-state index in [-0.39, 0.29) is 5.91 Å². The van der Waals surface area contributed by atoms with Crippen LogP contribution >= 0.6 is 12.6 Å². The molecule has 1 fully saturated rings. The van der Waals surface area contributed by atoms with Gasteiger partial charge in [0.25, 0.3) is 0 Å². The first-order valence-corrected chi connectivity index (χ1v) is 6.41. The van der Waals surface area contributed by atoms with Crippen molar-refractivity contribution in [3.8, 4) is 0 Å². The minimum atomic E-state index is 0.271. The summed E-state index contributed by atoms with van der Waals surface area (Å²) in [6, 6.07) is 0.393. The molecule has 1 aliphatic heterocycles. The summed E-state index contributed by atoms with van der Waals surface area (Å²) in [6.45, 7) is 5.18. The molecule has 0 spiro atoms. The predicted molar refractivity (Wildman–Crippen MR) is 66.4 cm³/mol. The SMILES string of the molecule is CCC1CN(C)CCCN1C(=O)CCS. The molecule has 0 bridgehead atoms. The first-order valence-electron chi connectivity index (χ1n) is 5.78. The second-order valence-electron chi connectivity index (χ2n) is 4.24. The molecule has 15 heavy (non-hydrogen) atoms. The molecule has 1 saturated heterocycles. The lowest BCUT2D eigenvalue weighted by molar-refractivity contribution is -0.133. The van der Waals surface area contributed by atoms with E-state index in [1.54, 1.807) is 0 Å². The van der Waals surface area contributed by atoms with Gasteiger partial charge in [-0.1, -0.05) is 6.92 Å². The van der Waals surface area contributed by atoms with Crippen LogP contribution < -0.4 is 0 Å². The highest BCUT2D eigenvalue weighted by Crippen LogP contribution is 2.13. The van der Waals surface area contributed by atoms with Gasteiger partial charge in [0.15, 0.2) is 0 Å². The van der Waals surface area contributed by atoms with E-state index in [0.717, 1.165) is 32.5 Å². The highest BCUT2D eigenvalue weighted by molar-refractivity contribution is 7.80. The van der Waals surface area contributed by atoms with Gasteiger partial charge in [-0.25, -0.2) is 0 Å². The van der Waals surface area contributed by atoms with E-state index in [1.165, 1.54) is 0 Å². The Morgan fingerprint density at radius 1 is 1.47 bits per heavy atom. The smallest absolute Gasteiger partial charge is 0.223 e. The Kier molecular flexibility index (Phi) is 5.47. The lowest BCUT2D eigenvalue weighted by Gasteiger charge is -2.30. The highest BCUT2D eigenvalue weighted by Gasteiger charge is 2.25. The number of thiol groups is 1. The van der Waals surface area contributed by atoms with Crippen LogP contribution in [0.3, 0.4) is 0 Å². The predicted octanol–water partition coefficient (Wildman–Crippen LogP) is 1.25. The lowest BCUT2D eigenvalue weighted by Crippen LogP contribution is -2.43. The highest BCUT2D eigenvalue weighted by atomic mass is 32.1. The normalized spacial score (nSPS) is 23.9. The zero-order valence-corrected chi connectivity index (χ0v) is 10.7. The fourth-order valence-electron chi connectivity index (χ4n) is 2.16. The first kappa shape index (κ1) is 12.8. The summed E-state index contributed by atoms with van der Waals surface area (Å²) >= 11 is 4.13. The maximum Gasteiger partial charge on any atom is 0.223 e. The molecular formula is C11H22N2OS. The van der Waals surface area contributed by atoms with Crippen LogP contribution in [0.5, 0.6) is 0 Å². The number of carbonyl (C=O) groups excluding carboxylic acids is 1. The van der Waals surface area contributed by atoms with Gasteiger partial charge in [-0.15, -0.1) is 0 Å². The standard InChI is InChI=1S/C11H22N2OS/c1-3-10-9-12(2)6-4-7-13(10)11(14)5-8-15/h10,15H,3-9H2,1-2H3. The van der Waals surface area contributed by atoms with Crippen LogP contribution in [0.25, 0.3) is 0 Å². The minimum Gasteiger partial charge on any atom is -0.338 e. The fraction of sp³-hybridized carbons (Fsp3) is 0.909. The molecule has 0 aromatic heterocycles. The van der Waals surface area contributed by atoms with Crippen molar-refractivity contribution >= 4 is 18.5 Å². The summed E-state index contributed by atoms with van der Waals surface area (Å²) in [5, 5.41) is 0. The zero-order chi connectivity index (χ0) is 11.3. The van der Waals surface area contributed by atoms with Crippen molar-refractivity contribution in [3.63, 3.8) is 0 Å². The van der Waals surface area contributed by atoms with Gasteiger partial charge in [0.1, 0.15) is 0 Å². The topological polar surface area (TPSA) is 23.6 Å². The van der Waals surface area contributed by atoms with Crippen molar-refractivity contribution < 1.29 is 4.79 Å². The molecule has 0 N–H and O–H groups in total. The largest absolute Gasteiger partial charge is 0.338 e. The average molecular weight is 230 g/mol. The third kappa shape index (κ3) is 3.68. The van der Waals surface area contributed by atoms with Gasteiger partial charge in [0.2, 0.25) is 5.91 Å². The van der Waals surface area contributed by atoms with E-state index in [1.807, 2.05) is 0 Å². The maximum atomic E-state index is 11.9. The summed E-state index contributed by atoms with van der Waals surface area (Å²) in [6.07, 6.45) is 2.71. The number of hydrogen-bond acceptors (Lipinski definition) is 3. The molecule has 3 nitrogen and oxygen atoms in total. The van der Waals surface area contributed by atoms with E-state index < -0.39 is 0 Å². The van der Waals surface area contributed by atoms with Crippen LogP contribution in [-0.2, 0) is 4.79 Å². The molecular weight excluding hydrogens is 208 g/mol. The Labute approximate surface area is 98.2 Å². The number of amides is 1. The lowest BCUT2D eigenvalue weighted by atomic mass is 10.1.